The third-order valence-corrected chi connectivity index (χ3v) is 3.38. The summed E-state index contributed by atoms with van der Waals surface area (Å²) in [7, 11) is 1.32. The van der Waals surface area contributed by atoms with Gasteiger partial charge in [0.1, 0.15) is 5.82 Å². The predicted octanol–water partition coefficient (Wildman–Crippen LogP) is 1.00. The summed E-state index contributed by atoms with van der Waals surface area (Å²) in [5, 5.41) is 8.93. The van der Waals surface area contributed by atoms with E-state index in [9.17, 15) is 4.79 Å². The van der Waals surface area contributed by atoms with Gasteiger partial charge in [0.25, 0.3) is 0 Å². The molecule has 0 bridgehead atoms. The Hall–Kier alpha value is -1.69. The van der Waals surface area contributed by atoms with Crippen molar-refractivity contribution in [1.29, 1.82) is 0 Å². The molecule has 104 valence electrons. The van der Waals surface area contributed by atoms with Crippen LogP contribution in [0.25, 0.3) is 0 Å². The molecule has 2 rings (SSSR count). The average Bonchev–Trinajstić information content (AvgIpc) is 2.92. The second-order valence-corrected chi connectivity index (χ2v) is 4.59. The third kappa shape index (κ3) is 3.20. The van der Waals surface area contributed by atoms with Crippen molar-refractivity contribution in [2.45, 2.75) is 31.7 Å². The number of carbonyl (C=O) groups is 1. The molecule has 1 aromatic heterocycles. The number of esters is 1. The molecule has 2 heterocycles. The van der Waals surface area contributed by atoms with Gasteiger partial charge in [-0.3, -0.25) is 0 Å². The first-order valence-corrected chi connectivity index (χ1v) is 6.55. The number of hydrogen-bond acceptors (Lipinski definition) is 6. The van der Waals surface area contributed by atoms with Crippen molar-refractivity contribution in [3.05, 3.63) is 18.1 Å². The van der Waals surface area contributed by atoms with Crippen LogP contribution in [0.15, 0.2) is 12.3 Å². The fourth-order valence-corrected chi connectivity index (χ4v) is 2.46. The number of nitrogens with zero attached hydrogens (tertiary/aromatic N) is 3. The molecule has 1 aliphatic rings. The smallest absolute Gasteiger partial charge is 0.376 e. The highest BCUT2D eigenvalue weighted by atomic mass is 16.5. The van der Waals surface area contributed by atoms with E-state index in [1.165, 1.54) is 7.11 Å². The van der Waals surface area contributed by atoms with Gasteiger partial charge < -0.3 is 14.7 Å². The van der Waals surface area contributed by atoms with E-state index >= 15 is 0 Å². The van der Waals surface area contributed by atoms with Gasteiger partial charge >= 0.3 is 5.97 Å². The molecular weight excluding hydrogens is 246 g/mol. The lowest BCUT2D eigenvalue weighted by atomic mass is 10.1. The zero-order valence-corrected chi connectivity index (χ0v) is 11.1. The van der Waals surface area contributed by atoms with E-state index in [-0.39, 0.29) is 12.4 Å². The SMILES string of the molecule is COC(=O)c1nccc(N2CCCC2CCCO)n1. The van der Waals surface area contributed by atoms with Gasteiger partial charge in [0.15, 0.2) is 0 Å². The molecule has 1 aromatic rings. The first kappa shape index (κ1) is 13.7. The van der Waals surface area contributed by atoms with Gasteiger partial charge in [-0.1, -0.05) is 0 Å². The van der Waals surface area contributed by atoms with Crippen molar-refractivity contribution >= 4 is 11.8 Å². The predicted molar refractivity (Wildman–Crippen MR) is 70.1 cm³/mol. The van der Waals surface area contributed by atoms with Gasteiger partial charge in [0, 0.05) is 25.4 Å². The second-order valence-electron chi connectivity index (χ2n) is 4.59. The van der Waals surface area contributed by atoms with Crippen LogP contribution < -0.4 is 4.90 Å². The van der Waals surface area contributed by atoms with Crippen LogP contribution in [-0.2, 0) is 4.74 Å². The van der Waals surface area contributed by atoms with E-state index in [1.807, 2.05) is 6.07 Å². The van der Waals surface area contributed by atoms with Gasteiger partial charge in [-0.05, 0) is 31.7 Å². The van der Waals surface area contributed by atoms with Crippen molar-refractivity contribution in [2.75, 3.05) is 25.2 Å². The Labute approximate surface area is 112 Å². The number of methoxy groups -OCH3 is 1. The number of anilines is 1. The normalized spacial score (nSPS) is 18.6. The summed E-state index contributed by atoms with van der Waals surface area (Å²) in [6.45, 7) is 1.13. The first-order chi connectivity index (χ1) is 9.26. The molecule has 1 fully saturated rings. The van der Waals surface area contributed by atoms with Crippen molar-refractivity contribution in [1.82, 2.24) is 9.97 Å². The summed E-state index contributed by atoms with van der Waals surface area (Å²) in [5.74, 6) is 0.330. The number of rotatable bonds is 5. The first-order valence-electron chi connectivity index (χ1n) is 6.55. The largest absolute Gasteiger partial charge is 0.463 e. The van der Waals surface area contributed by atoms with Crippen LogP contribution in [-0.4, -0.2) is 47.3 Å². The second kappa shape index (κ2) is 6.47. The lowest BCUT2D eigenvalue weighted by Gasteiger charge is -2.25. The highest BCUT2D eigenvalue weighted by molar-refractivity contribution is 5.85. The van der Waals surface area contributed by atoms with E-state index in [0.717, 1.165) is 38.0 Å². The standard InChI is InChI=1S/C13H19N3O3/c1-19-13(18)12-14-7-6-11(15-12)16-8-2-4-10(16)5-3-9-17/h6-7,10,17H,2-5,8-9H2,1H3. The van der Waals surface area contributed by atoms with Gasteiger partial charge in [-0.15, -0.1) is 0 Å². The summed E-state index contributed by atoms with van der Waals surface area (Å²) in [4.78, 5) is 21.8. The summed E-state index contributed by atoms with van der Waals surface area (Å²) >= 11 is 0. The number of hydrogen-bond donors (Lipinski definition) is 1. The summed E-state index contributed by atoms with van der Waals surface area (Å²) in [5.41, 5.74) is 0. The number of aliphatic hydroxyl groups excluding tert-OH is 1. The van der Waals surface area contributed by atoms with Crippen LogP contribution in [0.5, 0.6) is 0 Å². The number of aromatic nitrogens is 2. The van der Waals surface area contributed by atoms with Crippen molar-refractivity contribution in [3.8, 4) is 0 Å². The van der Waals surface area contributed by atoms with E-state index in [4.69, 9.17) is 5.11 Å². The zero-order valence-electron chi connectivity index (χ0n) is 11.1. The minimum absolute atomic E-state index is 0.0906. The molecule has 0 amide bonds. The molecule has 0 spiro atoms. The van der Waals surface area contributed by atoms with Crippen LogP contribution >= 0.6 is 0 Å². The Morgan fingerprint density at radius 2 is 2.47 bits per heavy atom. The quantitative estimate of drug-likeness (QED) is 0.801. The van der Waals surface area contributed by atoms with Gasteiger partial charge in [-0.25, -0.2) is 14.8 Å². The number of aliphatic hydroxyl groups is 1. The molecule has 1 atom stereocenters. The highest BCUT2D eigenvalue weighted by Gasteiger charge is 2.25. The lowest BCUT2D eigenvalue weighted by molar-refractivity contribution is 0.0586. The Balaban J connectivity index is 2.14. The Morgan fingerprint density at radius 1 is 1.63 bits per heavy atom. The molecule has 0 saturated carbocycles. The van der Waals surface area contributed by atoms with Crippen molar-refractivity contribution < 1.29 is 14.6 Å². The molecule has 0 radical (unpaired) electrons. The van der Waals surface area contributed by atoms with Gasteiger partial charge in [0.05, 0.1) is 7.11 Å². The van der Waals surface area contributed by atoms with Crippen LogP contribution in [0.2, 0.25) is 0 Å². The van der Waals surface area contributed by atoms with Crippen LogP contribution in [0.4, 0.5) is 5.82 Å². The maximum atomic E-state index is 11.4. The summed E-state index contributed by atoms with van der Waals surface area (Å²) < 4.78 is 4.63. The van der Waals surface area contributed by atoms with E-state index < -0.39 is 5.97 Å². The lowest BCUT2D eigenvalue weighted by Crippen LogP contribution is -2.30. The topological polar surface area (TPSA) is 75.5 Å². The zero-order chi connectivity index (χ0) is 13.7. The van der Waals surface area contributed by atoms with Crippen LogP contribution in [0.3, 0.4) is 0 Å². The molecule has 1 N–H and O–H groups in total. The number of carbonyl (C=O) groups excluding carboxylic acids is 1. The fourth-order valence-electron chi connectivity index (χ4n) is 2.46. The molecule has 1 aliphatic heterocycles. The molecule has 6 nitrogen and oxygen atoms in total. The molecule has 0 aliphatic carbocycles. The van der Waals surface area contributed by atoms with Crippen LogP contribution in [0, 0.1) is 0 Å². The van der Waals surface area contributed by atoms with Crippen LogP contribution in [0.1, 0.15) is 36.3 Å². The monoisotopic (exact) mass is 265 g/mol. The van der Waals surface area contributed by atoms with Crippen molar-refractivity contribution in [3.63, 3.8) is 0 Å². The molecule has 1 saturated heterocycles. The minimum atomic E-state index is -0.520. The van der Waals surface area contributed by atoms with E-state index in [2.05, 4.69) is 19.6 Å². The highest BCUT2D eigenvalue weighted by Crippen LogP contribution is 2.26. The third-order valence-electron chi connectivity index (χ3n) is 3.38. The summed E-state index contributed by atoms with van der Waals surface area (Å²) in [6, 6.07) is 2.19. The fraction of sp³-hybridized carbons (Fsp3) is 0.615. The summed E-state index contributed by atoms with van der Waals surface area (Å²) in [6.07, 6.45) is 5.51. The van der Waals surface area contributed by atoms with Crippen molar-refractivity contribution in [2.24, 2.45) is 0 Å². The Bertz CT molecular complexity index is 439. The number of ether oxygens (including phenoxy) is 1. The van der Waals surface area contributed by atoms with E-state index in [0.29, 0.717) is 6.04 Å². The molecular formula is C13H19N3O3. The molecule has 19 heavy (non-hydrogen) atoms. The van der Waals surface area contributed by atoms with E-state index in [1.54, 1.807) is 6.20 Å². The maximum absolute atomic E-state index is 11.4. The molecule has 0 aromatic carbocycles. The Kier molecular flexibility index (Phi) is 4.68. The van der Waals surface area contributed by atoms with Gasteiger partial charge in [0.2, 0.25) is 5.82 Å². The van der Waals surface area contributed by atoms with Gasteiger partial charge in [-0.2, -0.15) is 0 Å². The molecule has 1 unspecified atom stereocenters. The minimum Gasteiger partial charge on any atom is -0.463 e. The maximum Gasteiger partial charge on any atom is 0.376 e. The average molecular weight is 265 g/mol. The molecule has 6 heteroatoms. The Morgan fingerprint density at radius 3 is 3.21 bits per heavy atom.